The largest absolute Gasteiger partial charge is 0.378 e. The smallest absolute Gasteiger partial charge is 0.339 e. The Morgan fingerprint density at radius 3 is 2.35 bits per heavy atom. The third-order valence-corrected chi connectivity index (χ3v) is 6.66. The predicted octanol–water partition coefficient (Wildman–Crippen LogP) is 4.49. The Kier molecular flexibility index (Phi) is 4.01. The van der Waals surface area contributed by atoms with Crippen LogP contribution < -0.4 is 9.61 Å². The molecule has 4 rings (SSSR count). The zero-order chi connectivity index (χ0) is 18.3. The van der Waals surface area contributed by atoms with Gasteiger partial charge >= 0.3 is 10.1 Å². The highest BCUT2D eigenvalue weighted by molar-refractivity contribution is 7.87. The first-order chi connectivity index (χ1) is 12.5. The van der Waals surface area contributed by atoms with E-state index >= 15 is 0 Å². The van der Waals surface area contributed by atoms with Gasteiger partial charge in [0.05, 0.1) is 5.39 Å². The molecular weight excluding hydrogens is 368 g/mol. The molecule has 1 aromatic heterocycles. The molecule has 0 aliphatic rings. The first-order valence-electron chi connectivity index (χ1n) is 7.92. The molecule has 0 radical (unpaired) electrons. The van der Waals surface area contributed by atoms with Gasteiger partial charge in [0.1, 0.15) is 4.90 Å². The Bertz CT molecular complexity index is 1300. The van der Waals surface area contributed by atoms with Gasteiger partial charge in [0.2, 0.25) is 0 Å². The highest BCUT2D eigenvalue weighted by Crippen LogP contribution is 2.32. The van der Waals surface area contributed by atoms with Crippen LogP contribution in [0.15, 0.2) is 76.4 Å². The van der Waals surface area contributed by atoms with Gasteiger partial charge < -0.3 is 4.18 Å². The maximum Gasteiger partial charge on any atom is 0.339 e. The molecule has 0 bridgehead atoms. The van der Waals surface area contributed by atoms with Crippen LogP contribution in [0.3, 0.4) is 0 Å². The molecule has 0 spiro atoms. The monoisotopic (exact) mass is 382 g/mol. The molecule has 1 heterocycles. The van der Waals surface area contributed by atoms with Crippen molar-refractivity contribution in [2.75, 3.05) is 0 Å². The first kappa shape index (κ1) is 16.8. The summed E-state index contributed by atoms with van der Waals surface area (Å²) in [6.07, 6.45) is 0. The second kappa shape index (κ2) is 6.23. The lowest BCUT2D eigenvalue weighted by Crippen LogP contribution is -2.13. The fourth-order valence-electron chi connectivity index (χ4n) is 2.89. The normalized spacial score (nSPS) is 11.7. The van der Waals surface area contributed by atoms with Crippen LogP contribution in [0.4, 0.5) is 0 Å². The number of fused-ring (bicyclic) bond motifs is 2. The van der Waals surface area contributed by atoms with Crippen LogP contribution in [0.25, 0.3) is 20.2 Å². The van der Waals surface area contributed by atoms with Crippen LogP contribution in [0.1, 0.15) is 5.56 Å². The molecule has 130 valence electrons. The van der Waals surface area contributed by atoms with Crippen molar-refractivity contribution in [3.63, 3.8) is 0 Å². The number of benzene rings is 3. The SMILES string of the molecule is Cc1ccccc1S(=O)(=O)Oc1cccc2sc3ccccc3c(=O)c12. The van der Waals surface area contributed by atoms with E-state index in [-0.39, 0.29) is 21.5 Å². The molecule has 4 aromatic rings. The Morgan fingerprint density at radius 2 is 1.54 bits per heavy atom. The Hall–Kier alpha value is -2.70. The minimum atomic E-state index is -4.04. The molecule has 0 N–H and O–H groups in total. The quantitative estimate of drug-likeness (QED) is 0.387. The summed E-state index contributed by atoms with van der Waals surface area (Å²) in [5.74, 6) is 0.0535. The van der Waals surface area contributed by atoms with Gasteiger partial charge in [-0.1, -0.05) is 36.4 Å². The fraction of sp³-hybridized carbons (Fsp3) is 0.0500. The lowest BCUT2D eigenvalue weighted by molar-refractivity contribution is 0.488. The molecule has 0 aliphatic heterocycles. The average molecular weight is 382 g/mol. The number of rotatable bonds is 3. The molecule has 0 fully saturated rings. The van der Waals surface area contributed by atoms with Crippen molar-refractivity contribution in [2.24, 2.45) is 0 Å². The van der Waals surface area contributed by atoms with Crippen LogP contribution in [-0.2, 0) is 10.1 Å². The van der Waals surface area contributed by atoms with E-state index in [1.807, 2.05) is 12.1 Å². The van der Waals surface area contributed by atoms with Gasteiger partial charge in [-0.15, -0.1) is 11.3 Å². The third-order valence-electron chi connectivity index (χ3n) is 4.13. The lowest BCUT2D eigenvalue weighted by atomic mass is 10.2. The molecular formula is C20H14O4S2. The van der Waals surface area contributed by atoms with Crippen molar-refractivity contribution in [3.05, 3.63) is 82.5 Å². The number of aryl methyl sites for hydroxylation is 1. The summed E-state index contributed by atoms with van der Waals surface area (Å²) in [5.41, 5.74) is 0.355. The summed E-state index contributed by atoms with van der Waals surface area (Å²) < 4.78 is 32.4. The van der Waals surface area contributed by atoms with Gasteiger partial charge in [0.25, 0.3) is 0 Å². The Balaban J connectivity index is 1.94. The highest BCUT2D eigenvalue weighted by atomic mass is 32.2. The van der Waals surface area contributed by atoms with Crippen LogP contribution in [0.2, 0.25) is 0 Å². The van der Waals surface area contributed by atoms with E-state index in [1.54, 1.807) is 49.4 Å². The average Bonchev–Trinajstić information content (AvgIpc) is 2.62. The summed E-state index contributed by atoms with van der Waals surface area (Å²) in [6.45, 7) is 1.70. The molecule has 6 heteroatoms. The molecule has 0 saturated heterocycles. The number of hydrogen-bond acceptors (Lipinski definition) is 5. The van der Waals surface area contributed by atoms with E-state index in [0.717, 1.165) is 4.70 Å². The molecule has 0 amide bonds. The van der Waals surface area contributed by atoms with Gasteiger partial charge in [0.15, 0.2) is 11.2 Å². The molecule has 26 heavy (non-hydrogen) atoms. The van der Waals surface area contributed by atoms with E-state index in [4.69, 9.17) is 4.18 Å². The van der Waals surface area contributed by atoms with Crippen LogP contribution >= 0.6 is 11.3 Å². The highest BCUT2D eigenvalue weighted by Gasteiger charge is 2.21. The van der Waals surface area contributed by atoms with Crippen LogP contribution in [0, 0.1) is 6.92 Å². The first-order valence-corrected chi connectivity index (χ1v) is 10.1. The summed E-state index contributed by atoms with van der Waals surface area (Å²) in [7, 11) is -4.04. The fourth-order valence-corrected chi connectivity index (χ4v) is 5.15. The summed E-state index contributed by atoms with van der Waals surface area (Å²) in [5, 5.41) is 0.836. The second-order valence-electron chi connectivity index (χ2n) is 5.86. The van der Waals surface area contributed by atoms with Gasteiger partial charge in [-0.05, 0) is 42.8 Å². The summed E-state index contributed by atoms with van der Waals surface area (Å²) in [6, 6.07) is 18.9. The molecule has 0 atom stereocenters. The number of hydrogen-bond donors (Lipinski definition) is 0. The van der Waals surface area contributed by atoms with Crippen molar-refractivity contribution in [2.45, 2.75) is 11.8 Å². The van der Waals surface area contributed by atoms with Gasteiger partial charge in [-0.2, -0.15) is 8.42 Å². The zero-order valence-corrected chi connectivity index (χ0v) is 15.4. The van der Waals surface area contributed by atoms with Crippen molar-refractivity contribution in [3.8, 4) is 5.75 Å². The summed E-state index contributed by atoms with van der Waals surface area (Å²) >= 11 is 1.43. The standard InChI is InChI=1S/C20H14O4S2/c1-13-7-2-5-12-18(13)26(22,23)24-15-9-6-11-17-19(15)20(21)14-8-3-4-10-16(14)25-17/h2-12H,1H3. The maximum atomic E-state index is 12.9. The van der Waals surface area contributed by atoms with Crippen molar-refractivity contribution in [1.82, 2.24) is 0 Å². The van der Waals surface area contributed by atoms with Crippen molar-refractivity contribution < 1.29 is 12.6 Å². The summed E-state index contributed by atoms with van der Waals surface area (Å²) in [4.78, 5) is 13.0. The predicted molar refractivity (Wildman–Crippen MR) is 105 cm³/mol. The Labute approximate surface area is 154 Å². The van der Waals surface area contributed by atoms with Crippen LogP contribution in [-0.4, -0.2) is 8.42 Å². The van der Waals surface area contributed by atoms with Crippen LogP contribution in [0.5, 0.6) is 5.75 Å². The molecule has 0 aliphatic carbocycles. The van der Waals surface area contributed by atoms with E-state index in [1.165, 1.54) is 23.5 Å². The van der Waals surface area contributed by atoms with Gasteiger partial charge in [-0.25, -0.2) is 0 Å². The van der Waals surface area contributed by atoms with E-state index in [9.17, 15) is 13.2 Å². The van der Waals surface area contributed by atoms with E-state index in [2.05, 4.69) is 0 Å². The van der Waals surface area contributed by atoms with Crippen molar-refractivity contribution >= 4 is 41.6 Å². The van der Waals surface area contributed by atoms with E-state index < -0.39 is 10.1 Å². The minimum Gasteiger partial charge on any atom is -0.378 e. The molecule has 0 saturated carbocycles. The Morgan fingerprint density at radius 1 is 0.846 bits per heavy atom. The zero-order valence-electron chi connectivity index (χ0n) is 13.8. The lowest BCUT2D eigenvalue weighted by Gasteiger charge is -2.11. The van der Waals surface area contributed by atoms with Gasteiger partial charge in [-0.3, -0.25) is 4.79 Å². The topological polar surface area (TPSA) is 60.4 Å². The maximum absolute atomic E-state index is 12.9. The van der Waals surface area contributed by atoms with E-state index in [0.29, 0.717) is 15.6 Å². The molecule has 0 unspecified atom stereocenters. The third kappa shape index (κ3) is 2.77. The van der Waals surface area contributed by atoms with Gasteiger partial charge in [0, 0.05) is 14.8 Å². The second-order valence-corrected chi connectivity index (χ2v) is 8.46. The molecule has 4 nitrogen and oxygen atoms in total. The van der Waals surface area contributed by atoms with Crippen molar-refractivity contribution in [1.29, 1.82) is 0 Å². The molecule has 3 aromatic carbocycles. The minimum absolute atomic E-state index is 0.0535.